The fourth-order valence-corrected chi connectivity index (χ4v) is 4.34. The number of carbonyl (C=O) groups excluding carboxylic acids is 1. The number of rotatable bonds is 7. The van der Waals surface area contributed by atoms with Crippen LogP contribution in [-0.2, 0) is 4.74 Å². The minimum absolute atomic E-state index is 0. The summed E-state index contributed by atoms with van der Waals surface area (Å²) in [5.41, 5.74) is 0.600. The molecule has 0 radical (unpaired) electrons. The molecule has 2 aromatic rings. The maximum Gasteiger partial charge on any atom is 0.319 e. The SMILES string of the molecule is COc1cccc(NC(=O)NC[C@H]2O[C@@H](CO)[C@@H](O)[C@H]2N2CCN(c3ncccn3)CC2)c1.Cl.Cl. The molecule has 1 aromatic carbocycles. The van der Waals surface area contributed by atoms with Gasteiger partial charge in [-0.15, -0.1) is 24.8 Å². The summed E-state index contributed by atoms with van der Waals surface area (Å²) in [4.78, 5) is 25.3. The van der Waals surface area contributed by atoms with Gasteiger partial charge in [0.1, 0.15) is 18.0 Å². The number of anilines is 2. The van der Waals surface area contributed by atoms with E-state index in [0.29, 0.717) is 43.6 Å². The van der Waals surface area contributed by atoms with Gasteiger partial charge >= 0.3 is 6.03 Å². The van der Waals surface area contributed by atoms with Gasteiger partial charge < -0.3 is 35.2 Å². The van der Waals surface area contributed by atoms with Gasteiger partial charge in [-0.3, -0.25) is 4.90 Å². The molecule has 0 bridgehead atoms. The van der Waals surface area contributed by atoms with E-state index in [1.54, 1.807) is 49.8 Å². The minimum atomic E-state index is -0.859. The second-order valence-electron chi connectivity index (χ2n) is 8.02. The van der Waals surface area contributed by atoms with Crippen molar-refractivity contribution in [1.29, 1.82) is 0 Å². The lowest BCUT2D eigenvalue weighted by Crippen LogP contribution is -2.57. The molecule has 35 heavy (non-hydrogen) atoms. The van der Waals surface area contributed by atoms with Crippen molar-refractivity contribution in [2.75, 3.05) is 56.7 Å². The summed E-state index contributed by atoms with van der Waals surface area (Å²) >= 11 is 0. The monoisotopic (exact) mass is 530 g/mol. The Morgan fingerprint density at radius 3 is 2.51 bits per heavy atom. The molecule has 11 nitrogen and oxygen atoms in total. The van der Waals surface area contributed by atoms with Gasteiger partial charge in [-0.05, 0) is 18.2 Å². The quantitative estimate of drug-likeness (QED) is 0.409. The first-order chi connectivity index (χ1) is 16.1. The van der Waals surface area contributed by atoms with Crippen LogP contribution >= 0.6 is 24.8 Å². The summed E-state index contributed by atoms with van der Waals surface area (Å²) in [5.74, 6) is 1.32. The third kappa shape index (κ3) is 7.06. The number of nitrogens with zero attached hydrogens (tertiary/aromatic N) is 4. The zero-order valence-corrected chi connectivity index (χ0v) is 21.0. The molecule has 0 spiro atoms. The summed E-state index contributed by atoms with van der Waals surface area (Å²) in [6.45, 7) is 2.65. The van der Waals surface area contributed by atoms with E-state index < -0.39 is 24.3 Å². The van der Waals surface area contributed by atoms with Gasteiger partial charge in [0.15, 0.2) is 0 Å². The first kappa shape index (κ1) is 28.8. The Labute approximate surface area is 216 Å². The topological polar surface area (TPSA) is 132 Å². The van der Waals surface area contributed by atoms with Crippen molar-refractivity contribution in [3.8, 4) is 5.75 Å². The first-order valence-corrected chi connectivity index (χ1v) is 11.0. The Balaban J connectivity index is 0.00000216. The predicted molar refractivity (Wildman–Crippen MR) is 136 cm³/mol. The number of piperazine rings is 1. The molecule has 0 aliphatic carbocycles. The van der Waals surface area contributed by atoms with E-state index in [0.717, 1.165) is 0 Å². The molecule has 0 saturated carbocycles. The van der Waals surface area contributed by atoms with Gasteiger partial charge in [-0.2, -0.15) is 0 Å². The number of halogens is 2. The van der Waals surface area contributed by atoms with Crippen molar-refractivity contribution in [3.63, 3.8) is 0 Å². The number of nitrogens with one attached hydrogen (secondary N) is 2. The zero-order valence-electron chi connectivity index (χ0n) is 19.3. The van der Waals surface area contributed by atoms with E-state index in [2.05, 4.69) is 30.4 Å². The van der Waals surface area contributed by atoms with Crippen molar-refractivity contribution in [2.45, 2.75) is 24.4 Å². The Kier molecular flexibility index (Phi) is 11.2. The van der Waals surface area contributed by atoms with Gasteiger partial charge in [-0.25, -0.2) is 14.8 Å². The normalized spacial score (nSPS) is 24.1. The maximum absolute atomic E-state index is 12.4. The Morgan fingerprint density at radius 2 is 1.86 bits per heavy atom. The van der Waals surface area contributed by atoms with Crippen LogP contribution < -0.4 is 20.3 Å². The van der Waals surface area contributed by atoms with Crippen LogP contribution in [0.1, 0.15) is 0 Å². The molecule has 194 valence electrons. The van der Waals surface area contributed by atoms with E-state index in [1.807, 2.05) is 0 Å². The number of hydrogen-bond donors (Lipinski definition) is 4. The number of benzene rings is 1. The molecule has 2 saturated heterocycles. The Hall–Kier alpha value is -2.41. The minimum Gasteiger partial charge on any atom is -0.497 e. The number of amides is 2. The van der Waals surface area contributed by atoms with E-state index in [-0.39, 0.29) is 44.0 Å². The van der Waals surface area contributed by atoms with E-state index in [9.17, 15) is 15.0 Å². The molecule has 4 N–H and O–H groups in total. The molecular formula is C22H32Cl2N6O5. The van der Waals surface area contributed by atoms with Gasteiger partial charge in [0.05, 0.1) is 25.9 Å². The van der Waals surface area contributed by atoms with Crippen molar-refractivity contribution in [2.24, 2.45) is 0 Å². The van der Waals surface area contributed by atoms with Crippen LogP contribution in [0.3, 0.4) is 0 Å². The fourth-order valence-electron chi connectivity index (χ4n) is 4.34. The van der Waals surface area contributed by atoms with Crippen molar-refractivity contribution in [3.05, 3.63) is 42.7 Å². The lowest BCUT2D eigenvalue weighted by atomic mass is 10.0. The molecule has 13 heteroatoms. The van der Waals surface area contributed by atoms with Crippen molar-refractivity contribution in [1.82, 2.24) is 20.2 Å². The van der Waals surface area contributed by atoms with E-state index in [4.69, 9.17) is 9.47 Å². The van der Waals surface area contributed by atoms with Crippen LogP contribution in [0.2, 0.25) is 0 Å². The van der Waals surface area contributed by atoms with Crippen LogP contribution in [0, 0.1) is 0 Å². The lowest BCUT2D eigenvalue weighted by molar-refractivity contribution is -0.0205. The molecule has 0 unspecified atom stereocenters. The number of ether oxygens (including phenoxy) is 2. The van der Waals surface area contributed by atoms with Crippen LogP contribution in [0.5, 0.6) is 5.75 Å². The highest BCUT2D eigenvalue weighted by Gasteiger charge is 2.46. The maximum atomic E-state index is 12.4. The molecule has 2 amide bonds. The number of hydrogen-bond acceptors (Lipinski definition) is 9. The summed E-state index contributed by atoms with van der Waals surface area (Å²) < 4.78 is 11.1. The third-order valence-electron chi connectivity index (χ3n) is 6.00. The lowest BCUT2D eigenvalue weighted by Gasteiger charge is -2.40. The van der Waals surface area contributed by atoms with Gasteiger partial charge in [0.25, 0.3) is 0 Å². The highest BCUT2D eigenvalue weighted by atomic mass is 35.5. The molecule has 3 heterocycles. The number of aliphatic hydroxyl groups excluding tert-OH is 2. The molecule has 4 atom stereocenters. The highest BCUT2D eigenvalue weighted by Crippen LogP contribution is 2.27. The standard InChI is InChI=1S/C22H30N6O5.2ClH/c1-32-16-5-2-4-15(12-16)26-22(31)25-13-17-19(20(30)18(14-29)33-17)27-8-10-28(11-9-27)21-23-6-3-7-24-21;;/h2-7,12,17-20,29-30H,8-11,13-14H2,1H3,(H2,25,26,31);2*1H/t17-,18+,19+,20-;;/m1../s1. The summed E-state index contributed by atoms with van der Waals surface area (Å²) in [6.07, 6.45) is 1.41. The Bertz CT molecular complexity index is 922. The van der Waals surface area contributed by atoms with Crippen LogP contribution in [0.25, 0.3) is 0 Å². The third-order valence-corrected chi connectivity index (χ3v) is 6.00. The number of methoxy groups -OCH3 is 1. The number of urea groups is 1. The van der Waals surface area contributed by atoms with Gasteiger partial charge in [0, 0.05) is 56.9 Å². The molecule has 2 aliphatic heterocycles. The van der Waals surface area contributed by atoms with E-state index >= 15 is 0 Å². The molecule has 2 aliphatic rings. The van der Waals surface area contributed by atoms with Gasteiger partial charge in [-0.1, -0.05) is 6.07 Å². The smallest absolute Gasteiger partial charge is 0.319 e. The largest absolute Gasteiger partial charge is 0.497 e. The molecule has 2 fully saturated rings. The van der Waals surface area contributed by atoms with Crippen LogP contribution in [0.15, 0.2) is 42.7 Å². The summed E-state index contributed by atoms with van der Waals surface area (Å²) in [5, 5.41) is 26.0. The second kappa shape index (κ2) is 13.6. The van der Waals surface area contributed by atoms with Crippen molar-refractivity contribution >= 4 is 42.5 Å². The highest BCUT2D eigenvalue weighted by molar-refractivity contribution is 5.89. The summed E-state index contributed by atoms with van der Waals surface area (Å²) in [7, 11) is 1.56. The second-order valence-corrected chi connectivity index (χ2v) is 8.02. The number of carbonyl (C=O) groups is 1. The molecule has 4 rings (SSSR count). The fraction of sp³-hybridized carbons (Fsp3) is 0.500. The Morgan fingerprint density at radius 1 is 1.14 bits per heavy atom. The summed E-state index contributed by atoms with van der Waals surface area (Å²) in [6, 6.07) is 8.10. The van der Waals surface area contributed by atoms with Crippen molar-refractivity contribution < 1.29 is 24.5 Å². The molecular weight excluding hydrogens is 499 g/mol. The predicted octanol–water partition coefficient (Wildman–Crippen LogP) is 0.762. The average molecular weight is 531 g/mol. The zero-order chi connectivity index (χ0) is 23.2. The van der Waals surface area contributed by atoms with Crippen LogP contribution in [0.4, 0.5) is 16.4 Å². The number of aromatic nitrogens is 2. The van der Waals surface area contributed by atoms with Crippen LogP contribution in [-0.4, -0.2) is 102 Å². The average Bonchev–Trinajstić information content (AvgIpc) is 3.18. The molecule has 1 aromatic heterocycles. The first-order valence-electron chi connectivity index (χ1n) is 11.0. The van der Waals surface area contributed by atoms with E-state index in [1.165, 1.54) is 0 Å². The van der Waals surface area contributed by atoms with Gasteiger partial charge in [0.2, 0.25) is 5.95 Å². The number of aliphatic hydroxyl groups is 2.